The molecule has 2 unspecified atom stereocenters. The predicted molar refractivity (Wildman–Crippen MR) is 68.3 cm³/mol. The normalized spacial score (nSPS) is 15.4. The Morgan fingerprint density at radius 1 is 1.19 bits per heavy atom. The summed E-state index contributed by atoms with van der Waals surface area (Å²) in [5.74, 6) is 0.431. The first-order valence-corrected chi connectivity index (χ1v) is 6.01. The van der Waals surface area contributed by atoms with Gasteiger partial charge in [-0.3, -0.25) is 0 Å². The highest BCUT2D eigenvalue weighted by Gasteiger charge is 2.26. The standard InChI is InChI=1S/C14H23NO/c1-5-15(4)13(11(2)3)14(16)12-9-7-6-8-10-12/h6-11,13-14,16H,5H2,1-4H3. The molecular weight excluding hydrogens is 198 g/mol. The van der Waals surface area contributed by atoms with Crippen molar-refractivity contribution in [3.63, 3.8) is 0 Å². The molecule has 0 heterocycles. The molecule has 1 aromatic carbocycles. The van der Waals surface area contributed by atoms with Crippen molar-refractivity contribution >= 4 is 0 Å². The van der Waals surface area contributed by atoms with Gasteiger partial charge < -0.3 is 10.0 Å². The van der Waals surface area contributed by atoms with E-state index >= 15 is 0 Å². The molecule has 2 heteroatoms. The number of hydrogen-bond donors (Lipinski definition) is 1. The van der Waals surface area contributed by atoms with Gasteiger partial charge >= 0.3 is 0 Å². The minimum absolute atomic E-state index is 0.174. The van der Waals surface area contributed by atoms with Crippen molar-refractivity contribution in [3.8, 4) is 0 Å². The van der Waals surface area contributed by atoms with Crippen molar-refractivity contribution in [1.29, 1.82) is 0 Å². The van der Waals surface area contributed by atoms with Gasteiger partial charge in [0.15, 0.2) is 0 Å². The van der Waals surface area contributed by atoms with E-state index in [1.807, 2.05) is 30.3 Å². The maximum atomic E-state index is 10.4. The van der Waals surface area contributed by atoms with E-state index < -0.39 is 6.10 Å². The van der Waals surface area contributed by atoms with E-state index in [0.717, 1.165) is 12.1 Å². The summed E-state index contributed by atoms with van der Waals surface area (Å²) in [6.07, 6.45) is -0.411. The molecule has 90 valence electrons. The van der Waals surface area contributed by atoms with Gasteiger partial charge in [-0.2, -0.15) is 0 Å². The minimum atomic E-state index is -0.411. The number of likely N-dealkylation sites (N-methyl/N-ethyl adjacent to an activating group) is 1. The van der Waals surface area contributed by atoms with Crippen molar-refractivity contribution in [2.24, 2.45) is 5.92 Å². The molecule has 1 rings (SSSR count). The topological polar surface area (TPSA) is 23.5 Å². The van der Waals surface area contributed by atoms with Crippen LogP contribution >= 0.6 is 0 Å². The Morgan fingerprint density at radius 2 is 1.75 bits per heavy atom. The van der Waals surface area contributed by atoms with E-state index in [0.29, 0.717) is 5.92 Å². The molecule has 0 aromatic heterocycles. The van der Waals surface area contributed by atoms with E-state index in [1.165, 1.54) is 0 Å². The number of benzene rings is 1. The molecule has 0 saturated heterocycles. The summed E-state index contributed by atoms with van der Waals surface area (Å²) in [6, 6.07) is 10.1. The third-order valence-corrected chi connectivity index (χ3v) is 3.16. The average Bonchev–Trinajstić information content (AvgIpc) is 2.29. The minimum Gasteiger partial charge on any atom is -0.387 e. The Kier molecular flexibility index (Phi) is 4.97. The van der Waals surface area contributed by atoms with E-state index in [-0.39, 0.29) is 6.04 Å². The lowest BCUT2D eigenvalue weighted by Gasteiger charge is -2.34. The highest BCUT2D eigenvalue weighted by Crippen LogP contribution is 2.25. The van der Waals surface area contributed by atoms with Gasteiger partial charge in [0, 0.05) is 6.04 Å². The van der Waals surface area contributed by atoms with Gasteiger partial charge in [0.2, 0.25) is 0 Å². The third-order valence-electron chi connectivity index (χ3n) is 3.16. The summed E-state index contributed by atoms with van der Waals surface area (Å²) in [6.45, 7) is 7.38. The first-order valence-electron chi connectivity index (χ1n) is 6.01. The number of aliphatic hydroxyl groups excluding tert-OH is 1. The summed E-state index contributed by atoms with van der Waals surface area (Å²) in [4.78, 5) is 2.21. The first-order chi connectivity index (χ1) is 7.57. The molecule has 16 heavy (non-hydrogen) atoms. The zero-order valence-corrected chi connectivity index (χ0v) is 10.7. The first kappa shape index (κ1) is 13.2. The average molecular weight is 221 g/mol. The molecule has 0 spiro atoms. The Bertz CT molecular complexity index is 297. The van der Waals surface area contributed by atoms with Gasteiger partial charge in [-0.1, -0.05) is 51.1 Å². The van der Waals surface area contributed by atoms with Gasteiger partial charge in [-0.05, 0) is 25.1 Å². The van der Waals surface area contributed by atoms with Crippen molar-refractivity contribution in [3.05, 3.63) is 35.9 Å². The van der Waals surface area contributed by atoms with E-state index in [4.69, 9.17) is 0 Å². The summed E-state index contributed by atoms with van der Waals surface area (Å²) in [5.41, 5.74) is 1.00. The molecule has 0 radical (unpaired) electrons. The fourth-order valence-electron chi connectivity index (χ4n) is 2.17. The van der Waals surface area contributed by atoms with Crippen LogP contribution < -0.4 is 0 Å². The maximum Gasteiger partial charge on any atom is 0.0947 e. The van der Waals surface area contributed by atoms with Crippen LogP contribution in [0.4, 0.5) is 0 Å². The number of hydrogen-bond acceptors (Lipinski definition) is 2. The van der Waals surface area contributed by atoms with Gasteiger partial charge in [0.25, 0.3) is 0 Å². The van der Waals surface area contributed by atoms with Gasteiger partial charge in [0.1, 0.15) is 0 Å². The molecule has 0 amide bonds. The smallest absolute Gasteiger partial charge is 0.0947 e. The largest absolute Gasteiger partial charge is 0.387 e. The lowest BCUT2D eigenvalue weighted by atomic mass is 9.92. The van der Waals surface area contributed by atoms with Gasteiger partial charge in [-0.15, -0.1) is 0 Å². The van der Waals surface area contributed by atoms with Crippen LogP contribution in [0.25, 0.3) is 0 Å². The summed E-state index contributed by atoms with van der Waals surface area (Å²) in [5, 5.41) is 10.4. The Balaban J connectivity index is 2.87. The Labute approximate surface area is 98.9 Å². The fourth-order valence-corrected chi connectivity index (χ4v) is 2.17. The maximum absolute atomic E-state index is 10.4. The number of nitrogens with zero attached hydrogens (tertiary/aromatic N) is 1. The van der Waals surface area contributed by atoms with Crippen LogP contribution in [-0.2, 0) is 0 Å². The predicted octanol–water partition coefficient (Wildman–Crippen LogP) is 2.70. The van der Waals surface area contributed by atoms with E-state index in [2.05, 4.69) is 32.7 Å². The monoisotopic (exact) mass is 221 g/mol. The summed E-state index contributed by atoms with van der Waals surface area (Å²) in [7, 11) is 2.07. The molecule has 1 aromatic rings. The van der Waals surface area contributed by atoms with Crippen molar-refractivity contribution in [1.82, 2.24) is 4.90 Å². The lowest BCUT2D eigenvalue weighted by molar-refractivity contribution is 0.0391. The molecule has 0 aliphatic heterocycles. The van der Waals surface area contributed by atoms with Crippen LogP contribution in [0.2, 0.25) is 0 Å². The molecule has 0 bridgehead atoms. The van der Waals surface area contributed by atoms with Gasteiger partial charge in [0.05, 0.1) is 6.10 Å². The second kappa shape index (κ2) is 6.02. The van der Waals surface area contributed by atoms with Crippen molar-refractivity contribution in [2.75, 3.05) is 13.6 Å². The second-order valence-corrected chi connectivity index (χ2v) is 4.66. The quantitative estimate of drug-likeness (QED) is 0.826. The van der Waals surface area contributed by atoms with E-state index in [9.17, 15) is 5.11 Å². The molecule has 2 atom stereocenters. The van der Waals surface area contributed by atoms with Crippen LogP contribution in [0.15, 0.2) is 30.3 Å². The Morgan fingerprint density at radius 3 is 2.19 bits per heavy atom. The van der Waals surface area contributed by atoms with Crippen molar-refractivity contribution < 1.29 is 5.11 Å². The van der Waals surface area contributed by atoms with E-state index in [1.54, 1.807) is 0 Å². The third kappa shape index (κ3) is 3.06. The highest BCUT2D eigenvalue weighted by atomic mass is 16.3. The molecule has 0 aliphatic rings. The van der Waals surface area contributed by atoms with Crippen molar-refractivity contribution in [2.45, 2.75) is 32.9 Å². The SMILES string of the molecule is CCN(C)C(C(C)C)C(O)c1ccccc1. The molecule has 2 nitrogen and oxygen atoms in total. The number of rotatable bonds is 5. The fraction of sp³-hybridized carbons (Fsp3) is 0.571. The lowest BCUT2D eigenvalue weighted by Crippen LogP contribution is -2.40. The summed E-state index contributed by atoms with van der Waals surface area (Å²) < 4.78 is 0. The van der Waals surface area contributed by atoms with Crippen LogP contribution in [0, 0.1) is 5.92 Å². The molecular formula is C14H23NO. The van der Waals surface area contributed by atoms with Crippen LogP contribution in [-0.4, -0.2) is 29.6 Å². The second-order valence-electron chi connectivity index (χ2n) is 4.66. The molecule has 1 N–H and O–H groups in total. The Hall–Kier alpha value is -0.860. The zero-order valence-electron chi connectivity index (χ0n) is 10.7. The molecule has 0 saturated carbocycles. The molecule has 0 aliphatic carbocycles. The van der Waals surface area contributed by atoms with Crippen LogP contribution in [0.3, 0.4) is 0 Å². The van der Waals surface area contributed by atoms with Crippen LogP contribution in [0.5, 0.6) is 0 Å². The number of aliphatic hydroxyl groups is 1. The zero-order chi connectivity index (χ0) is 12.1. The van der Waals surface area contributed by atoms with Gasteiger partial charge in [-0.25, -0.2) is 0 Å². The molecule has 0 fully saturated rings. The summed E-state index contributed by atoms with van der Waals surface area (Å²) >= 11 is 0. The van der Waals surface area contributed by atoms with Crippen LogP contribution in [0.1, 0.15) is 32.4 Å². The highest BCUT2D eigenvalue weighted by molar-refractivity contribution is 5.19.